The molecule has 0 saturated heterocycles. The van der Waals surface area contributed by atoms with Gasteiger partial charge in [-0.05, 0) is 59.8 Å². The number of alkyl halides is 1. The first-order chi connectivity index (χ1) is 8.60. The highest BCUT2D eigenvalue weighted by Crippen LogP contribution is 2.28. The Morgan fingerprint density at radius 3 is 2.37 bits per heavy atom. The fourth-order valence-electron chi connectivity index (χ4n) is 2.16. The number of ether oxygens (including phenoxy) is 2. The summed E-state index contributed by atoms with van der Waals surface area (Å²) in [6.07, 6.45) is 2.37. The number of hydrogen-bond acceptors (Lipinski definition) is 3. The van der Waals surface area contributed by atoms with Crippen molar-refractivity contribution in [2.45, 2.75) is 77.7 Å². The Kier molecular flexibility index (Phi) is 5.36. The molecule has 3 nitrogen and oxygen atoms in total. The minimum atomic E-state index is -0.976. The van der Waals surface area contributed by atoms with Gasteiger partial charge in [0.15, 0.2) is 5.60 Å². The highest BCUT2D eigenvalue weighted by Gasteiger charge is 2.34. The lowest BCUT2D eigenvalue weighted by atomic mass is 9.88. The van der Waals surface area contributed by atoms with Crippen molar-refractivity contribution < 1.29 is 18.7 Å². The van der Waals surface area contributed by atoms with Gasteiger partial charge in [-0.2, -0.15) is 0 Å². The molecule has 0 spiro atoms. The number of carbonyl (C=O) groups is 1. The highest BCUT2D eigenvalue weighted by molar-refractivity contribution is 5.78. The fraction of sp³-hybridized carbons (Fsp3) is 0.933. The number of hydrogen-bond donors (Lipinski definition) is 0. The van der Waals surface area contributed by atoms with Gasteiger partial charge >= 0.3 is 5.97 Å². The van der Waals surface area contributed by atoms with Crippen molar-refractivity contribution in [1.82, 2.24) is 0 Å². The van der Waals surface area contributed by atoms with Crippen molar-refractivity contribution in [3.63, 3.8) is 0 Å². The zero-order chi connectivity index (χ0) is 14.7. The van der Waals surface area contributed by atoms with Crippen molar-refractivity contribution in [2.24, 2.45) is 5.92 Å². The van der Waals surface area contributed by atoms with Crippen LogP contribution >= 0.6 is 0 Å². The Labute approximate surface area is 115 Å². The van der Waals surface area contributed by atoms with Gasteiger partial charge in [-0.25, -0.2) is 9.18 Å². The largest absolute Gasteiger partial charge is 0.458 e. The summed E-state index contributed by atoms with van der Waals surface area (Å²) in [4.78, 5) is 12.0. The normalized spacial score (nSPS) is 25.2. The molecule has 1 aliphatic carbocycles. The average Bonchev–Trinajstić information content (AvgIpc) is 2.24. The SMILES string of the molecule is CC(C)(C)OC(=O)C(C)(C)OC[C@H]1CCC[C@@H](F)C1. The first-order valence-electron chi connectivity index (χ1n) is 7.11. The fourth-order valence-corrected chi connectivity index (χ4v) is 2.16. The number of rotatable bonds is 4. The molecule has 2 atom stereocenters. The third-order valence-corrected chi connectivity index (χ3v) is 3.29. The third kappa shape index (κ3) is 5.89. The van der Waals surface area contributed by atoms with Crippen LogP contribution in [0.1, 0.15) is 60.3 Å². The first-order valence-corrected chi connectivity index (χ1v) is 7.11. The van der Waals surface area contributed by atoms with Crippen molar-refractivity contribution in [3.05, 3.63) is 0 Å². The van der Waals surface area contributed by atoms with E-state index in [1.54, 1.807) is 13.8 Å². The molecule has 1 aliphatic rings. The van der Waals surface area contributed by atoms with Gasteiger partial charge in [0, 0.05) is 0 Å². The van der Waals surface area contributed by atoms with Gasteiger partial charge in [0.1, 0.15) is 11.8 Å². The van der Waals surface area contributed by atoms with E-state index in [2.05, 4.69) is 0 Å². The van der Waals surface area contributed by atoms with Crippen LogP contribution in [0.2, 0.25) is 0 Å². The van der Waals surface area contributed by atoms with Crippen LogP contribution in [-0.4, -0.2) is 29.9 Å². The Bertz CT molecular complexity index is 307. The minimum absolute atomic E-state index is 0.213. The molecule has 0 aliphatic heterocycles. The Morgan fingerprint density at radius 2 is 1.84 bits per heavy atom. The van der Waals surface area contributed by atoms with Crippen molar-refractivity contribution in [3.8, 4) is 0 Å². The number of carbonyl (C=O) groups excluding carboxylic acids is 1. The van der Waals surface area contributed by atoms with E-state index >= 15 is 0 Å². The maximum Gasteiger partial charge on any atom is 0.338 e. The molecule has 0 aromatic carbocycles. The van der Waals surface area contributed by atoms with Crippen LogP contribution < -0.4 is 0 Å². The standard InChI is InChI=1S/C15H27FO3/c1-14(2,3)19-13(17)15(4,5)18-10-11-7-6-8-12(16)9-11/h11-12H,6-10H2,1-5H3/t11-,12+/m0/s1. The zero-order valence-electron chi connectivity index (χ0n) is 12.8. The number of esters is 1. The van der Waals surface area contributed by atoms with E-state index in [0.29, 0.717) is 19.4 Å². The second-order valence-corrected chi connectivity index (χ2v) is 6.95. The minimum Gasteiger partial charge on any atom is -0.458 e. The predicted molar refractivity (Wildman–Crippen MR) is 72.7 cm³/mol. The molecule has 112 valence electrons. The summed E-state index contributed by atoms with van der Waals surface area (Å²) in [7, 11) is 0. The summed E-state index contributed by atoms with van der Waals surface area (Å²) in [5, 5.41) is 0. The lowest BCUT2D eigenvalue weighted by Crippen LogP contribution is -2.42. The van der Waals surface area contributed by atoms with Crippen molar-refractivity contribution in [1.29, 1.82) is 0 Å². The predicted octanol–water partition coefficient (Wildman–Crippen LogP) is 3.65. The highest BCUT2D eigenvalue weighted by atomic mass is 19.1. The molecule has 19 heavy (non-hydrogen) atoms. The molecule has 0 bridgehead atoms. The van der Waals surface area contributed by atoms with E-state index in [1.165, 1.54) is 0 Å². The maximum atomic E-state index is 13.3. The summed E-state index contributed by atoms with van der Waals surface area (Å²) in [6.45, 7) is 9.32. The van der Waals surface area contributed by atoms with Crippen LogP contribution in [0, 0.1) is 5.92 Å². The lowest BCUT2D eigenvalue weighted by Gasteiger charge is -2.31. The van der Waals surface area contributed by atoms with E-state index in [0.717, 1.165) is 12.8 Å². The second-order valence-electron chi connectivity index (χ2n) is 6.95. The van der Waals surface area contributed by atoms with Gasteiger partial charge in [-0.15, -0.1) is 0 Å². The maximum absolute atomic E-state index is 13.3. The topological polar surface area (TPSA) is 35.5 Å². The molecule has 0 radical (unpaired) electrons. The molecule has 0 heterocycles. The Balaban J connectivity index is 2.43. The van der Waals surface area contributed by atoms with E-state index in [9.17, 15) is 9.18 Å². The van der Waals surface area contributed by atoms with Crippen molar-refractivity contribution in [2.75, 3.05) is 6.61 Å². The molecule has 1 saturated carbocycles. The molecule has 0 aromatic heterocycles. The smallest absolute Gasteiger partial charge is 0.338 e. The molecule has 4 heteroatoms. The van der Waals surface area contributed by atoms with E-state index in [4.69, 9.17) is 9.47 Å². The van der Waals surface area contributed by atoms with Crippen LogP contribution in [-0.2, 0) is 14.3 Å². The first kappa shape index (κ1) is 16.4. The quantitative estimate of drug-likeness (QED) is 0.734. The van der Waals surface area contributed by atoms with Crippen LogP contribution in [0.25, 0.3) is 0 Å². The lowest BCUT2D eigenvalue weighted by molar-refractivity contribution is -0.181. The zero-order valence-corrected chi connectivity index (χ0v) is 12.8. The van der Waals surface area contributed by atoms with E-state index < -0.39 is 17.4 Å². The average molecular weight is 274 g/mol. The van der Waals surface area contributed by atoms with Crippen LogP contribution in [0.4, 0.5) is 4.39 Å². The molecule has 0 N–H and O–H groups in total. The molecular weight excluding hydrogens is 247 g/mol. The Morgan fingerprint density at radius 1 is 1.21 bits per heavy atom. The van der Waals surface area contributed by atoms with E-state index in [1.807, 2.05) is 20.8 Å². The van der Waals surface area contributed by atoms with Gasteiger partial charge in [0.05, 0.1) is 6.61 Å². The van der Waals surface area contributed by atoms with Crippen LogP contribution in [0.15, 0.2) is 0 Å². The monoisotopic (exact) mass is 274 g/mol. The van der Waals surface area contributed by atoms with E-state index in [-0.39, 0.29) is 11.9 Å². The van der Waals surface area contributed by atoms with Gasteiger partial charge in [-0.3, -0.25) is 0 Å². The third-order valence-electron chi connectivity index (χ3n) is 3.29. The van der Waals surface area contributed by atoms with Gasteiger partial charge in [0.25, 0.3) is 0 Å². The van der Waals surface area contributed by atoms with Crippen LogP contribution in [0.5, 0.6) is 0 Å². The molecule has 1 fully saturated rings. The molecule has 0 unspecified atom stereocenters. The van der Waals surface area contributed by atoms with Crippen molar-refractivity contribution >= 4 is 5.97 Å². The Hall–Kier alpha value is -0.640. The summed E-state index contributed by atoms with van der Waals surface area (Å²) >= 11 is 0. The van der Waals surface area contributed by atoms with Gasteiger partial charge in [-0.1, -0.05) is 6.42 Å². The second kappa shape index (κ2) is 6.21. The summed E-state index contributed by atoms with van der Waals surface area (Å²) in [5.74, 6) is -0.155. The summed E-state index contributed by atoms with van der Waals surface area (Å²) in [5.41, 5.74) is -1.50. The van der Waals surface area contributed by atoms with Crippen LogP contribution in [0.3, 0.4) is 0 Å². The molecule has 1 rings (SSSR count). The van der Waals surface area contributed by atoms with Gasteiger partial charge < -0.3 is 9.47 Å². The molecule has 0 amide bonds. The number of halogens is 1. The summed E-state index contributed by atoms with van der Waals surface area (Å²) in [6, 6.07) is 0. The molecule has 0 aromatic rings. The summed E-state index contributed by atoms with van der Waals surface area (Å²) < 4.78 is 24.3. The van der Waals surface area contributed by atoms with Gasteiger partial charge in [0.2, 0.25) is 0 Å². The molecular formula is C15H27FO3.